The van der Waals surface area contributed by atoms with Crippen LogP contribution in [0.3, 0.4) is 0 Å². The Hall–Kier alpha value is -3.41. The van der Waals surface area contributed by atoms with Crippen molar-refractivity contribution in [2.45, 2.75) is 31.6 Å². The third-order valence-electron chi connectivity index (χ3n) is 6.06. The smallest absolute Gasteiger partial charge is 0.272 e. The third-order valence-corrected chi connectivity index (χ3v) is 6.06. The van der Waals surface area contributed by atoms with Gasteiger partial charge in [-0.15, -0.1) is 0 Å². The minimum atomic E-state index is -0.214. The Balaban J connectivity index is 1.35. The molecule has 1 aromatic heterocycles. The minimum Gasteiger partial charge on any atom is -0.337 e. The average molecular weight is 415 g/mol. The van der Waals surface area contributed by atoms with Gasteiger partial charge in [0.1, 0.15) is 5.69 Å². The molecule has 2 fully saturated rings. The summed E-state index contributed by atoms with van der Waals surface area (Å²) in [6.07, 6.45) is 3.86. The lowest BCUT2D eigenvalue weighted by atomic mass is 9.96. The van der Waals surface area contributed by atoms with Crippen LogP contribution >= 0.6 is 0 Å². The Kier molecular flexibility index (Phi) is 5.28. The average Bonchev–Trinajstić information content (AvgIpc) is 3.58. The molecule has 0 unspecified atom stereocenters. The molecular weight excluding hydrogens is 388 g/mol. The zero-order valence-corrected chi connectivity index (χ0v) is 17.4. The first-order valence-electron chi connectivity index (χ1n) is 11.0. The van der Waals surface area contributed by atoms with E-state index in [2.05, 4.69) is 5.32 Å². The number of piperidine rings is 1. The van der Waals surface area contributed by atoms with Gasteiger partial charge in [0, 0.05) is 24.7 Å². The van der Waals surface area contributed by atoms with Crippen molar-refractivity contribution in [2.24, 2.45) is 5.92 Å². The molecule has 158 valence electrons. The molecule has 2 aromatic carbocycles. The molecular formula is C25H26N4O2. The number of benzene rings is 2. The normalized spacial score (nSPS) is 18.6. The van der Waals surface area contributed by atoms with Crippen LogP contribution < -0.4 is 5.32 Å². The number of rotatable bonds is 5. The van der Waals surface area contributed by atoms with Gasteiger partial charge < -0.3 is 10.2 Å². The number of nitrogens with zero attached hydrogens (tertiary/aromatic N) is 3. The number of hydrogen-bond acceptors (Lipinski definition) is 3. The van der Waals surface area contributed by atoms with Crippen LogP contribution in [-0.4, -0.2) is 39.6 Å². The number of aromatic nitrogens is 2. The molecule has 6 nitrogen and oxygen atoms in total. The fraction of sp³-hybridized carbons (Fsp3) is 0.320. The molecule has 1 aliphatic carbocycles. The summed E-state index contributed by atoms with van der Waals surface area (Å²) in [5.74, 6) is 0.163. The maximum atomic E-state index is 13.5. The summed E-state index contributed by atoms with van der Waals surface area (Å²) in [6, 6.07) is 21.2. The van der Waals surface area contributed by atoms with Gasteiger partial charge in [-0.2, -0.15) is 5.10 Å². The van der Waals surface area contributed by atoms with Crippen molar-refractivity contribution >= 4 is 17.5 Å². The lowest BCUT2D eigenvalue weighted by molar-refractivity contribution is -0.121. The molecule has 6 heteroatoms. The number of nitrogens with one attached hydrogen (secondary N) is 1. The van der Waals surface area contributed by atoms with Crippen molar-refractivity contribution in [3.05, 3.63) is 78.1 Å². The highest BCUT2D eigenvalue weighted by Crippen LogP contribution is 2.40. The molecule has 1 N–H and O–H groups in total. The van der Waals surface area contributed by atoms with E-state index in [0.717, 1.165) is 42.8 Å². The Morgan fingerprint density at radius 1 is 0.935 bits per heavy atom. The number of likely N-dealkylation sites (tertiary alicyclic amines) is 1. The number of carbonyl (C=O) groups is 2. The predicted octanol–water partition coefficient (Wildman–Crippen LogP) is 4.24. The van der Waals surface area contributed by atoms with Gasteiger partial charge in [0.05, 0.1) is 17.3 Å². The maximum Gasteiger partial charge on any atom is 0.272 e. The van der Waals surface area contributed by atoms with Gasteiger partial charge in [-0.25, -0.2) is 4.68 Å². The quantitative estimate of drug-likeness (QED) is 0.679. The Morgan fingerprint density at radius 2 is 1.65 bits per heavy atom. The van der Waals surface area contributed by atoms with E-state index < -0.39 is 0 Å². The van der Waals surface area contributed by atoms with Crippen molar-refractivity contribution < 1.29 is 9.59 Å². The Bertz CT molecular complexity index is 1070. The van der Waals surface area contributed by atoms with Crippen molar-refractivity contribution in [3.63, 3.8) is 0 Å². The molecule has 31 heavy (non-hydrogen) atoms. The number of hydrogen-bond donors (Lipinski definition) is 1. The standard InChI is InChI=1S/C25H26N4O2/c30-24(26-20-9-3-1-4-10-20)19-8-7-15-28(17-19)25(31)23-16-22(18-13-14-18)27-29(23)21-11-5-2-6-12-21/h1-6,9-12,16,18-19H,7-8,13-15,17H2,(H,26,30)/t19-/m1/s1. The monoisotopic (exact) mass is 414 g/mol. The minimum absolute atomic E-state index is 0.0288. The third kappa shape index (κ3) is 4.24. The second-order valence-corrected chi connectivity index (χ2v) is 8.42. The van der Waals surface area contributed by atoms with Gasteiger partial charge >= 0.3 is 0 Å². The fourth-order valence-corrected chi connectivity index (χ4v) is 4.20. The molecule has 1 saturated heterocycles. The fourth-order valence-electron chi connectivity index (χ4n) is 4.20. The van der Waals surface area contributed by atoms with E-state index in [-0.39, 0.29) is 17.7 Å². The van der Waals surface area contributed by atoms with E-state index in [1.54, 1.807) is 4.68 Å². The largest absolute Gasteiger partial charge is 0.337 e. The van der Waals surface area contributed by atoms with Gasteiger partial charge in [-0.1, -0.05) is 36.4 Å². The first-order chi connectivity index (χ1) is 15.2. The summed E-state index contributed by atoms with van der Waals surface area (Å²) >= 11 is 0. The summed E-state index contributed by atoms with van der Waals surface area (Å²) < 4.78 is 1.77. The molecule has 1 aliphatic heterocycles. The van der Waals surface area contributed by atoms with Crippen LogP contribution in [0.5, 0.6) is 0 Å². The van der Waals surface area contributed by atoms with E-state index >= 15 is 0 Å². The Labute approximate surface area is 181 Å². The Morgan fingerprint density at radius 3 is 2.35 bits per heavy atom. The van der Waals surface area contributed by atoms with Crippen LogP contribution in [0.4, 0.5) is 5.69 Å². The zero-order valence-electron chi connectivity index (χ0n) is 17.4. The molecule has 3 aromatic rings. The first kappa shape index (κ1) is 19.5. The molecule has 2 heterocycles. The van der Waals surface area contributed by atoms with Crippen LogP contribution in [0, 0.1) is 5.92 Å². The van der Waals surface area contributed by atoms with Crippen LogP contribution in [0.2, 0.25) is 0 Å². The van der Waals surface area contributed by atoms with E-state index in [9.17, 15) is 9.59 Å². The van der Waals surface area contributed by atoms with Crippen LogP contribution in [0.15, 0.2) is 66.7 Å². The van der Waals surface area contributed by atoms with E-state index in [1.165, 1.54) is 0 Å². The zero-order chi connectivity index (χ0) is 21.2. The molecule has 5 rings (SSSR count). The van der Waals surface area contributed by atoms with Crippen LogP contribution in [0.1, 0.15) is 47.8 Å². The number of para-hydroxylation sites is 2. The lowest BCUT2D eigenvalue weighted by Gasteiger charge is -2.32. The SMILES string of the molecule is O=C(Nc1ccccc1)[C@@H]1CCCN(C(=O)c2cc(C3CC3)nn2-c2ccccc2)C1. The van der Waals surface area contributed by atoms with Crippen molar-refractivity contribution in [1.82, 2.24) is 14.7 Å². The molecule has 0 bridgehead atoms. The maximum absolute atomic E-state index is 13.5. The lowest BCUT2D eigenvalue weighted by Crippen LogP contribution is -2.44. The molecule has 1 saturated carbocycles. The molecule has 0 spiro atoms. The highest BCUT2D eigenvalue weighted by atomic mass is 16.2. The molecule has 0 radical (unpaired) electrons. The van der Waals surface area contributed by atoms with E-state index in [4.69, 9.17) is 5.10 Å². The summed E-state index contributed by atoms with van der Waals surface area (Å²) in [5, 5.41) is 7.74. The second-order valence-electron chi connectivity index (χ2n) is 8.42. The topological polar surface area (TPSA) is 67.2 Å². The van der Waals surface area contributed by atoms with Crippen molar-refractivity contribution in [3.8, 4) is 5.69 Å². The van der Waals surface area contributed by atoms with Gasteiger partial charge in [-0.3, -0.25) is 9.59 Å². The number of anilines is 1. The summed E-state index contributed by atoms with van der Waals surface area (Å²) in [6.45, 7) is 1.09. The summed E-state index contributed by atoms with van der Waals surface area (Å²) in [5.41, 5.74) is 3.24. The van der Waals surface area contributed by atoms with Gasteiger partial charge in [0.2, 0.25) is 5.91 Å². The van der Waals surface area contributed by atoms with Gasteiger partial charge in [0.15, 0.2) is 0 Å². The molecule has 2 aliphatic rings. The van der Waals surface area contributed by atoms with Gasteiger partial charge in [0.25, 0.3) is 5.91 Å². The molecule has 1 atom stereocenters. The first-order valence-corrected chi connectivity index (χ1v) is 11.0. The number of carbonyl (C=O) groups excluding carboxylic acids is 2. The predicted molar refractivity (Wildman–Crippen MR) is 119 cm³/mol. The highest BCUT2D eigenvalue weighted by molar-refractivity contribution is 5.96. The van der Waals surface area contributed by atoms with E-state index in [0.29, 0.717) is 24.7 Å². The van der Waals surface area contributed by atoms with Crippen LogP contribution in [0.25, 0.3) is 5.69 Å². The van der Waals surface area contributed by atoms with Crippen molar-refractivity contribution in [1.29, 1.82) is 0 Å². The van der Waals surface area contributed by atoms with Crippen molar-refractivity contribution in [2.75, 3.05) is 18.4 Å². The summed E-state index contributed by atoms with van der Waals surface area (Å²) in [4.78, 5) is 28.1. The summed E-state index contributed by atoms with van der Waals surface area (Å²) in [7, 11) is 0. The van der Waals surface area contributed by atoms with E-state index in [1.807, 2.05) is 71.6 Å². The van der Waals surface area contributed by atoms with Gasteiger partial charge in [-0.05, 0) is 56.0 Å². The highest BCUT2D eigenvalue weighted by Gasteiger charge is 2.33. The second kappa shape index (κ2) is 8.38. The van der Waals surface area contributed by atoms with Crippen LogP contribution in [-0.2, 0) is 4.79 Å². The molecule has 2 amide bonds. The number of amides is 2.